The van der Waals surface area contributed by atoms with Crippen molar-refractivity contribution >= 4 is 52.1 Å². The van der Waals surface area contributed by atoms with Crippen LogP contribution in [-0.2, 0) is 4.79 Å². The van der Waals surface area contributed by atoms with Crippen LogP contribution < -0.4 is 25.4 Å². The molecular formula is C21H21Cl2N3O3S. The highest BCUT2D eigenvalue weighted by molar-refractivity contribution is 7.80. The Bertz CT molecular complexity index is 1030. The molecule has 0 bridgehead atoms. The van der Waals surface area contributed by atoms with Crippen LogP contribution in [0.3, 0.4) is 0 Å². The van der Waals surface area contributed by atoms with Crippen molar-refractivity contribution in [3.8, 4) is 11.5 Å². The molecule has 0 spiro atoms. The van der Waals surface area contributed by atoms with Gasteiger partial charge in [-0.05, 0) is 62.0 Å². The molecule has 1 amide bonds. The number of halogens is 2. The van der Waals surface area contributed by atoms with Crippen molar-refractivity contribution in [2.45, 2.75) is 19.9 Å². The third-order valence-electron chi connectivity index (χ3n) is 4.47. The zero-order valence-electron chi connectivity index (χ0n) is 16.6. The second-order valence-electron chi connectivity index (χ2n) is 6.50. The van der Waals surface area contributed by atoms with Crippen LogP contribution in [0, 0.1) is 0 Å². The van der Waals surface area contributed by atoms with E-state index in [0.29, 0.717) is 55.8 Å². The van der Waals surface area contributed by atoms with Crippen LogP contribution >= 0.6 is 35.4 Å². The molecule has 3 rings (SSSR count). The minimum atomic E-state index is -0.541. The maximum atomic E-state index is 13.2. The highest BCUT2D eigenvalue weighted by Gasteiger charge is 2.31. The minimum Gasteiger partial charge on any atom is -0.491 e. The fourth-order valence-electron chi connectivity index (χ4n) is 3.23. The first-order chi connectivity index (χ1) is 14.3. The van der Waals surface area contributed by atoms with E-state index < -0.39 is 6.04 Å². The van der Waals surface area contributed by atoms with Gasteiger partial charge in [0.15, 0.2) is 16.6 Å². The fraction of sp³-hybridized carbons (Fsp3) is 0.238. The van der Waals surface area contributed by atoms with Crippen LogP contribution in [0.15, 0.2) is 47.7 Å². The SMILES string of the molecule is CCOc1cc([C@H]2NC(=S)NC(C)=C2C(=O)Nc2cccc(Cl)c2)cc(Cl)c1OC. The summed E-state index contributed by atoms with van der Waals surface area (Å²) in [6.07, 6.45) is 0. The Morgan fingerprint density at radius 2 is 2.03 bits per heavy atom. The van der Waals surface area contributed by atoms with Gasteiger partial charge in [0.2, 0.25) is 0 Å². The van der Waals surface area contributed by atoms with E-state index in [9.17, 15) is 4.79 Å². The molecule has 1 aliphatic rings. The number of carbonyl (C=O) groups excluding carboxylic acids is 1. The van der Waals surface area contributed by atoms with Crippen LogP contribution in [0.4, 0.5) is 5.69 Å². The molecule has 9 heteroatoms. The average molecular weight is 466 g/mol. The highest BCUT2D eigenvalue weighted by Crippen LogP contribution is 2.40. The standard InChI is InChI=1S/C21H21Cl2N3O3S/c1-4-29-16-9-12(8-15(23)19(16)28-3)18-17(11(2)24-21(30)26-18)20(27)25-14-7-5-6-13(22)10-14/h5-10,18H,4H2,1-3H3,(H,25,27)(H2,24,26,30)/t18-/m1/s1. The lowest BCUT2D eigenvalue weighted by molar-refractivity contribution is -0.113. The second-order valence-corrected chi connectivity index (χ2v) is 7.75. The van der Waals surface area contributed by atoms with E-state index in [1.54, 1.807) is 43.3 Å². The number of nitrogens with one attached hydrogen (secondary N) is 3. The Kier molecular flexibility index (Phi) is 7.07. The first-order valence-electron chi connectivity index (χ1n) is 9.19. The van der Waals surface area contributed by atoms with Crippen molar-refractivity contribution in [3.05, 3.63) is 63.3 Å². The van der Waals surface area contributed by atoms with Crippen molar-refractivity contribution in [1.82, 2.24) is 10.6 Å². The van der Waals surface area contributed by atoms with E-state index in [1.165, 1.54) is 7.11 Å². The summed E-state index contributed by atoms with van der Waals surface area (Å²) in [7, 11) is 1.52. The molecule has 0 fully saturated rings. The molecule has 30 heavy (non-hydrogen) atoms. The van der Waals surface area contributed by atoms with E-state index >= 15 is 0 Å². The number of anilines is 1. The normalized spacial score (nSPS) is 15.9. The summed E-state index contributed by atoms with van der Waals surface area (Å²) in [5.74, 6) is 0.623. The number of hydrogen-bond acceptors (Lipinski definition) is 4. The summed E-state index contributed by atoms with van der Waals surface area (Å²) in [5.41, 5.74) is 2.39. The third-order valence-corrected chi connectivity index (χ3v) is 5.20. The number of methoxy groups -OCH3 is 1. The molecule has 158 valence electrons. The summed E-state index contributed by atoms with van der Waals surface area (Å²) in [5, 5.41) is 10.3. The van der Waals surface area contributed by atoms with Gasteiger partial charge in [-0.2, -0.15) is 0 Å². The molecule has 0 saturated carbocycles. The number of thiocarbonyl (C=S) groups is 1. The first kappa shape index (κ1) is 22.2. The van der Waals surface area contributed by atoms with E-state index in [4.69, 9.17) is 44.9 Å². The predicted octanol–water partition coefficient (Wildman–Crippen LogP) is 4.83. The molecule has 0 unspecified atom stereocenters. The molecule has 0 aromatic heterocycles. The molecule has 1 atom stereocenters. The maximum absolute atomic E-state index is 13.2. The van der Waals surface area contributed by atoms with Gasteiger partial charge in [-0.15, -0.1) is 0 Å². The lowest BCUT2D eigenvalue weighted by atomic mass is 9.94. The predicted molar refractivity (Wildman–Crippen MR) is 124 cm³/mol. The van der Waals surface area contributed by atoms with E-state index in [-0.39, 0.29) is 5.91 Å². The first-order valence-corrected chi connectivity index (χ1v) is 10.4. The molecule has 0 aliphatic carbocycles. The molecule has 1 aliphatic heterocycles. The summed E-state index contributed by atoms with van der Waals surface area (Å²) < 4.78 is 11.0. The lowest BCUT2D eigenvalue weighted by Gasteiger charge is -2.31. The smallest absolute Gasteiger partial charge is 0.255 e. The molecule has 3 N–H and O–H groups in total. The maximum Gasteiger partial charge on any atom is 0.255 e. The summed E-state index contributed by atoms with van der Waals surface area (Å²) in [4.78, 5) is 13.2. The number of benzene rings is 2. The summed E-state index contributed by atoms with van der Waals surface area (Å²) in [6.45, 7) is 4.10. The molecule has 0 radical (unpaired) electrons. The third kappa shape index (κ3) is 4.80. The van der Waals surface area contributed by atoms with Gasteiger partial charge in [0.25, 0.3) is 5.91 Å². The molecule has 0 saturated heterocycles. The molecule has 2 aromatic rings. The van der Waals surface area contributed by atoms with Crippen molar-refractivity contribution in [2.75, 3.05) is 19.0 Å². The molecule has 1 heterocycles. The van der Waals surface area contributed by atoms with Gasteiger partial charge in [-0.25, -0.2) is 0 Å². The van der Waals surface area contributed by atoms with Crippen LogP contribution in [0.2, 0.25) is 10.0 Å². The number of hydrogen-bond donors (Lipinski definition) is 3. The Morgan fingerprint density at radius 3 is 2.70 bits per heavy atom. The van der Waals surface area contributed by atoms with E-state index in [2.05, 4.69) is 16.0 Å². The molecule has 6 nitrogen and oxygen atoms in total. The van der Waals surface area contributed by atoms with Crippen LogP contribution in [0.5, 0.6) is 11.5 Å². The number of allylic oxidation sites excluding steroid dienone is 1. The van der Waals surface area contributed by atoms with Gasteiger partial charge in [0.1, 0.15) is 0 Å². The number of carbonyl (C=O) groups is 1. The van der Waals surface area contributed by atoms with Gasteiger partial charge >= 0.3 is 0 Å². The highest BCUT2D eigenvalue weighted by atomic mass is 35.5. The topological polar surface area (TPSA) is 71.6 Å². The Balaban J connectivity index is 2.02. The van der Waals surface area contributed by atoms with Crippen molar-refractivity contribution in [2.24, 2.45) is 0 Å². The van der Waals surface area contributed by atoms with E-state index in [1.807, 2.05) is 6.92 Å². The largest absolute Gasteiger partial charge is 0.491 e. The minimum absolute atomic E-state index is 0.299. The van der Waals surface area contributed by atoms with Crippen molar-refractivity contribution in [1.29, 1.82) is 0 Å². The molecule has 2 aromatic carbocycles. The summed E-state index contributed by atoms with van der Waals surface area (Å²) >= 11 is 17.8. The Morgan fingerprint density at radius 1 is 1.27 bits per heavy atom. The lowest BCUT2D eigenvalue weighted by Crippen LogP contribution is -2.45. The van der Waals surface area contributed by atoms with Crippen LogP contribution in [-0.4, -0.2) is 24.7 Å². The number of rotatable bonds is 6. The van der Waals surface area contributed by atoms with Crippen LogP contribution in [0.25, 0.3) is 0 Å². The fourth-order valence-corrected chi connectivity index (χ4v) is 3.98. The quantitative estimate of drug-likeness (QED) is 0.530. The monoisotopic (exact) mass is 465 g/mol. The Labute approximate surface area is 190 Å². The Hall–Kier alpha value is -2.48. The molecular weight excluding hydrogens is 445 g/mol. The zero-order chi connectivity index (χ0) is 21.8. The van der Waals surface area contributed by atoms with Gasteiger partial charge in [-0.3, -0.25) is 4.79 Å². The van der Waals surface area contributed by atoms with Gasteiger partial charge in [-0.1, -0.05) is 29.3 Å². The van der Waals surface area contributed by atoms with Gasteiger partial charge < -0.3 is 25.4 Å². The average Bonchev–Trinajstić information content (AvgIpc) is 2.67. The zero-order valence-corrected chi connectivity index (χ0v) is 19.0. The summed E-state index contributed by atoms with van der Waals surface area (Å²) in [6, 6.07) is 9.92. The number of amides is 1. The van der Waals surface area contributed by atoms with E-state index in [0.717, 1.165) is 0 Å². The van der Waals surface area contributed by atoms with Crippen LogP contribution in [0.1, 0.15) is 25.5 Å². The van der Waals surface area contributed by atoms with Crippen molar-refractivity contribution in [3.63, 3.8) is 0 Å². The second kappa shape index (κ2) is 9.55. The van der Waals surface area contributed by atoms with Crippen molar-refractivity contribution < 1.29 is 14.3 Å². The van der Waals surface area contributed by atoms with Gasteiger partial charge in [0, 0.05) is 16.4 Å². The number of ether oxygens (including phenoxy) is 2. The van der Waals surface area contributed by atoms with Gasteiger partial charge in [0.05, 0.1) is 30.4 Å².